The molecule has 1 aromatic rings. The van der Waals surface area contributed by atoms with E-state index in [9.17, 15) is 4.79 Å². The number of aryl methyl sites for hydroxylation is 1. The van der Waals surface area contributed by atoms with Crippen molar-refractivity contribution in [3.05, 3.63) is 24.0 Å². The Bertz CT molecular complexity index is 449. The molecule has 1 atom stereocenters. The number of carbonyl (C=O) groups excluding carboxylic acids is 1. The van der Waals surface area contributed by atoms with E-state index in [4.69, 9.17) is 0 Å². The van der Waals surface area contributed by atoms with Gasteiger partial charge in [0.15, 0.2) is 0 Å². The first-order chi connectivity index (χ1) is 9.66. The second-order valence-electron chi connectivity index (χ2n) is 5.51. The number of aromatic nitrogens is 1. The van der Waals surface area contributed by atoms with Gasteiger partial charge in [-0.05, 0) is 45.0 Å². The highest BCUT2D eigenvalue weighted by molar-refractivity contribution is 5.79. The first kappa shape index (κ1) is 14.8. The molecule has 2 N–H and O–H groups in total. The van der Waals surface area contributed by atoms with Gasteiger partial charge in [-0.2, -0.15) is 0 Å². The van der Waals surface area contributed by atoms with Crippen LogP contribution in [0.15, 0.2) is 18.5 Å². The van der Waals surface area contributed by atoms with E-state index in [1.54, 1.807) is 6.20 Å². The number of nitrogens with one attached hydrogen (secondary N) is 2. The van der Waals surface area contributed by atoms with Gasteiger partial charge in [-0.1, -0.05) is 0 Å². The van der Waals surface area contributed by atoms with Gasteiger partial charge in [-0.25, -0.2) is 0 Å². The standard InChI is InChI=1S/C15H24N4O/c1-12-10-16-6-5-14(12)17-7-8-18-15(20)13-4-3-9-19(2)11-13/h5-6,10,13H,3-4,7-9,11H2,1-2H3,(H,16,17)(H,18,20)/t13-/m0/s1. The number of piperidine rings is 1. The monoisotopic (exact) mass is 276 g/mol. The molecule has 5 heteroatoms. The maximum Gasteiger partial charge on any atom is 0.224 e. The van der Waals surface area contributed by atoms with Crippen molar-refractivity contribution < 1.29 is 4.79 Å². The highest BCUT2D eigenvalue weighted by atomic mass is 16.1. The Balaban J connectivity index is 1.68. The van der Waals surface area contributed by atoms with Crippen molar-refractivity contribution in [3.63, 3.8) is 0 Å². The molecule has 5 nitrogen and oxygen atoms in total. The molecule has 0 bridgehead atoms. The Hall–Kier alpha value is -1.62. The minimum Gasteiger partial charge on any atom is -0.383 e. The largest absolute Gasteiger partial charge is 0.383 e. The highest BCUT2D eigenvalue weighted by Gasteiger charge is 2.23. The molecular formula is C15H24N4O. The molecule has 1 amide bonds. The van der Waals surface area contributed by atoms with Crippen LogP contribution in [0.25, 0.3) is 0 Å². The van der Waals surface area contributed by atoms with Gasteiger partial charge in [0.1, 0.15) is 0 Å². The molecule has 1 aliphatic rings. The lowest BCUT2D eigenvalue weighted by molar-refractivity contribution is -0.126. The van der Waals surface area contributed by atoms with Crippen molar-refractivity contribution in [3.8, 4) is 0 Å². The molecule has 110 valence electrons. The summed E-state index contributed by atoms with van der Waals surface area (Å²) in [4.78, 5) is 18.3. The van der Waals surface area contributed by atoms with Crippen molar-refractivity contribution in [1.82, 2.24) is 15.2 Å². The third-order valence-electron chi connectivity index (χ3n) is 3.76. The maximum absolute atomic E-state index is 12.0. The number of amides is 1. The van der Waals surface area contributed by atoms with Crippen LogP contribution in [0.1, 0.15) is 18.4 Å². The normalized spacial score (nSPS) is 19.6. The average molecular weight is 276 g/mol. The molecular weight excluding hydrogens is 252 g/mol. The molecule has 2 rings (SSSR count). The van der Waals surface area contributed by atoms with Crippen LogP contribution in [0.3, 0.4) is 0 Å². The van der Waals surface area contributed by atoms with E-state index in [1.807, 2.05) is 19.2 Å². The van der Waals surface area contributed by atoms with E-state index in [-0.39, 0.29) is 11.8 Å². The second kappa shape index (κ2) is 7.24. The molecule has 0 saturated carbocycles. The molecule has 0 spiro atoms. The molecule has 0 aliphatic carbocycles. The minimum atomic E-state index is 0.149. The molecule has 1 aromatic heterocycles. The summed E-state index contributed by atoms with van der Waals surface area (Å²) < 4.78 is 0. The van der Waals surface area contributed by atoms with E-state index in [1.165, 1.54) is 0 Å². The van der Waals surface area contributed by atoms with Crippen LogP contribution in [0.5, 0.6) is 0 Å². The summed E-state index contributed by atoms with van der Waals surface area (Å²) in [7, 11) is 2.08. The summed E-state index contributed by atoms with van der Waals surface area (Å²) in [5, 5.41) is 6.33. The number of hydrogen-bond acceptors (Lipinski definition) is 4. The zero-order chi connectivity index (χ0) is 14.4. The Morgan fingerprint density at radius 1 is 1.50 bits per heavy atom. The van der Waals surface area contributed by atoms with E-state index in [0.717, 1.165) is 43.7 Å². The molecule has 2 heterocycles. The van der Waals surface area contributed by atoms with Crippen molar-refractivity contribution in [2.24, 2.45) is 5.92 Å². The molecule has 20 heavy (non-hydrogen) atoms. The SMILES string of the molecule is Cc1cnccc1NCCNC(=O)[C@H]1CCCN(C)C1. The molecule has 0 radical (unpaired) electrons. The third kappa shape index (κ3) is 4.20. The fourth-order valence-electron chi connectivity index (χ4n) is 2.58. The van der Waals surface area contributed by atoms with Gasteiger partial charge >= 0.3 is 0 Å². The van der Waals surface area contributed by atoms with E-state index >= 15 is 0 Å². The Morgan fingerprint density at radius 2 is 2.35 bits per heavy atom. The van der Waals surface area contributed by atoms with Crippen molar-refractivity contribution in [2.45, 2.75) is 19.8 Å². The maximum atomic E-state index is 12.0. The van der Waals surface area contributed by atoms with Crippen molar-refractivity contribution >= 4 is 11.6 Å². The Kier molecular flexibility index (Phi) is 5.35. The van der Waals surface area contributed by atoms with Crippen LogP contribution in [-0.2, 0) is 4.79 Å². The van der Waals surface area contributed by atoms with Gasteiger partial charge in [0.05, 0.1) is 5.92 Å². The molecule has 1 aliphatic heterocycles. The van der Waals surface area contributed by atoms with Crippen LogP contribution in [0.2, 0.25) is 0 Å². The minimum absolute atomic E-state index is 0.149. The lowest BCUT2D eigenvalue weighted by Gasteiger charge is -2.28. The number of rotatable bonds is 5. The van der Waals surface area contributed by atoms with Crippen LogP contribution >= 0.6 is 0 Å². The van der Waals surface area contributed by atoms with Gasteiger partial charge in [-0.15, -0.1) is 0 Å². The van der Waals surface area contributed by atoms with Gasteiger partial charge in [-0.3, -0.25) is 9.78 Å². The first-order valence-corrected chi connectivity index (χ1v) is 7.27. The fourth-order valence-corrected chi connectivity index (χ4v) is 2.58. The Labute approximate surface area is 120 Å². The van der Waals surface area contributed by atoms with Crippen LogP contribution in [0, 0.1) is 12.8 Å². The molecule has 0 aromatic carbocycles. The number of anilines is 1. The summed E-state index contributed by atoms with van der Waals surface area (Å²) in [6.07, 6.45) is 5.72. The zero-order valence-electron chi connectivity index (χ0n) is 12.4. The number of pyridine rings is 1. The number of nitrogens with zero attached hydrogens (tertiary/aromatic N) is 2. The number of carbonyl (C=O) groups is 1. The quantitative estimate of drug-likeness (QED) is 0.795. The van der Waals surface area contributed by atoms with Crippen LogP contribution in [0.4, 0.5) is 5.69 Å². The predicted octanol–water partition coefficient (Wildman–Crippen LogP) is 1.26. The summed E-state index contributed by atoms with van der Waals surface area (Å²) in [6, 6.07) is 1.95. The topological polar surface area (TPSA) is 57.3 Å². The number of likely N-dealkylation sites (tertiary alicyclic amines) is 1. The summed E-state index contributed by atoms with van der Waals surface area (Å²) >= 11 is 0. The Morgan fingerprint density at radius 3 is 3.10 bits per heavy atom. The van der Waals surface area contributed by atoms with Crippen LogP contribution < -0.4 is 10.6 Å². The summed E-state index contributed by atoms with van der Waals surface area (Å²) in [5.74, 6) is 0.334. The average Bonchev–Trinajstić information content (AvgIpc) is 2.45. The van der Waals surface area contributed by atoms with Gasteiger partial charge in [0.2, 0.25) is 5.91 Å². The van der Waals surface area contributed by atoms with Gasteiger partial charge in [0, 0.05) is 37.7 Å². The summed E-state index contributed by atoms with van der Waals surface area (Å²) in [5.41, 5.74) is 2.19. The molecule has 1 saturated heterocycles. The predicted molar refractivity (Wildman–Crippen MR) is 80.7 cm³/mol. The van der Waals surface area contributed by atoms with Crippen molar-refractivity contribution in [1.29, 1.82) is 0 Å². The van der Waals surface area contributed by atoms with Gasteiger partial charge in [0.25, 0.3) is 0 Å². The fraction of sp³-hybridized carbons (Fsp3) is 0.600. The molecule has 1 fully saturated rings. The lowest BCUT2D eigenvalue weighted by Crippen LogP contribution is -2.42. The highest BCUT2D eigenvalue weighted by Crippen LogP contribution is 2.15. The first-order valence-electron chi connectivity index (χ1n) is 7.27. The van der Waals surface area contributed by atoms with E-state index in [2.05, 4.69) is 27.6 Å². The lowest BCUT2D eigenvalue weighted by atomic mass is 9.98. The zero-order valence-corrected chi connectivity index (χ0v) is 12.4. The number of hydrogen-bond donors (Lipinski definition) is 2. The molecule has 0 unspecified atom stereocenters. The van der Waals surface area contributed by atoms with Gasteiger partial charge < -0.3 is 15.5 Å². The van der Waals surface area contributed by atoms with Crippen molar-refractivity contribution in [2.75, 3.05) is 38.5 Å². The summed E-state index contributed by atoms with van der Waals surface area (Å²) in [6.45, 7) is 5.39. The van der Waals surface area contributed by atoms with Crippen LogP contribution in [-0.4, -0.2) is 49.0 Å². The smallest absolute Gasteiger partial charge is 0.224 e. The third-order valence-corrected chi connectivity index (χ3v) is 3.76. The van der Waals surface area contributed by atoms with E-state index < -0.39 is 0 Å². The van der Waals surface area contributed by atoms with E-state index in [0.29, 0.717) is 6.54 Å². The second-order valence-corrected chi connectivity index (χ2v) is 5.51.